The van der Waals surface area contributed by atoms with E-state index in [2.05, 4.69) is 20.3 Å². The van der Waals surface area contributed by atoms with Gasteiger partial charge in [-0.15, -0.1) is 0 Å². The minimum Gasteiger partial charge on any atom is -0.340 e. The number of nitrogens with zero attached hydrogens (tertiary/aromatic N) is 3. The van der Waals surface area contributed by atoms with Gasteiger partial charge in [-0.05, 0) is 48.0 Å². The smallest absolute Gasteiger partial charge is 0.340 e. The number of halogens is 7. The zero-order chi connectivity index (χ0) is 25.4. The number of aromatic nitrogens is 3. The quantitative estimate of drug-likeness (QED) is 0.369. The summed E-state index contributed by atoms with van der Waals surface area (Å²) in [4.78, 5) is 24.8. The molecule has 1 amide bonds. The summed E-state index contributed by atoms with van der Waals surface area (Å²) in [5, 5.41) is 2.33. The lowest BCUT2D eigenvalue weighted by Crippen LogP contribution is -2.32. The average molecular weight is 494 g/mol. The maximum Gasteiger partial charge on any atom is 0.419 e. The fourth-order valence-electron chi connectivity index (χ4n) is 3.46. The number of carbonyl (C=O) groups excluding carboxylic acids is 1. The first-order valence-electron chi connectivity index (χ1n) is 9.85. The molecule has 0 fully saturated rings. The van der Waals surface area contributed by atoms with Gasteiger partial charge in [-0.25, -0.2) is 4.39 Å². The average Bonchev–Trinajstić information content (AvgIpc) is 2.80. The monoisotopic (exact) mass is 494 g/mol. The Kier molecular flexibility index (Phi) is 6.14. The van der Waals surface area contributed by atoms with E-state index < -0.39 is 46.9 Å². The van der Waals surface area contributed by atoms with Crippen LogP contribution in [0.15, 0.2) is 67.1 Å². The Labute approximate surface area is 192 Å². The molecule has 0 saturated heterocycles. The van der Waals surface area contributed by atoms with Gasteiger partial charge in [-0.3, -0.25) is 19.7 Å². The maximum absolute atomic E-state index is 14.3. The third kappa shape index (κ3) is 5.05. The second-order valence-electron chi connectivity index (χ2n) is 7.34. The van der Waals surface area contributed by atoms with Crippen LogP contribution in [-0.2, 0) is 12.4 Å². The molecule has 2 aromatic carbocycles. The Morgan fingerprint density at radius 1 is 0.771 bits per heavy atom. The van der Waals surface area contributed by atoms with Crippen LogP contribution in [0.3, 0.4) is 0 Å². The van der Waals surface area contributed by atoms with Crippen molar-refractivity contribution in [3.63, 3.8) is 0 Å². The molecule has 0 aliphatic heterocycles. The Bertz CT molecular complexity index is 1400. The molecule has 1 N–H and O–H groups in total. The Morgan fingerprint density at radius 3 is 2.11 bits per heavy atom. The lowest BCUT2D eigenvalue weighted by molar-refractivity contribution is -0.140. The van der Waals surface area contributed by atoms with Gasteiger partial charge in [0.15, 0.2) is 0 Å². The summed E-state index contributed by atoms with van der Waals surface area (Å²) < 4.78 is 94.3. The summed E-state index contributed by atoms with van der Waals surface area (Å²) in [6, 6.07) is 5.75. The van der Waals surface area contributed by atoms with Crippen LogP contribution in [0.5, 0.6) is 0 Å². The van der Waals surface area contributed by atoms with Crippen LogP contribution in [0, 0.1) is 5.82 Å². The van der Waals surface area contributed by atoms with E-state index in [0.717, 1.165) is 18.3 Å². The first-order valence-corrected chi connectivity index (χ1v) is 9.85. The summed E-state index contributed by atoms with van der Waals surface area (Å²) in [6.07, 6.45) is -6.10. The van der Waals surface area contributed by atoms with Crippen LogP contribution in [0.4, 0.5) is 30.7 Å². The van der Waals surface area contributed by atoms with Crippen molar-refractivity contribution in [3.8, 4) is 0 Å². The second-order valence-corrected chi connectivity index (χ2v) is 7.34. The van der Waals surface area contributed by atoms with Gasteiger partial charge >= 0.3 is 12.4 Å². The van der Waals surface area contributed by atoms with Crippen LogP contribution >= 0.6 is 0 Å². The highest BCUT2D eigenvalue weighted by atomic mass is 19.4. The van der Waals surface area contributed by atoms with Gasteiger partial charge in [0.05, 0.1) is 33.9 Å². The van der Waals surface area contributed by atoms with Gasteiger partial charge in [0.2, 0.25) is 0 Å². The molecule has 12 heteroatoms. The number of alkyl halides is 6. The van der Waals surface area contributed by atoms with Crippen molar-refractivity contribution in [2.24, 2.45) is 0 Å². The lowest BCUT2D eigenvalue weighted by atomic mass is 9.97. The van der Waals surface area contributed by atoms with Crippen molar-refractivity contribution in [1.29, 1.82) is 0 Å². The number of benzene rings is 2. The van der Waals surface area contributed by atoms with Crippen molar-refractivity contribution in [2.75, 3.05) is 0 Å². The van der Waals surface area contributed by atoms with Gasteiger partial charge in [0.25, 0.3) is 5.91 Å². The van der Waals surface area contributed by atoms with Crippen molar-refractivity contribution in [1.82, 2.24) is 20.3 Å². The van der Waals surface area contributed by atoms with Gasteiger partial charge in [0.1, 0.15) is 5.82 Å². The van der Waals surface area contributed by atoms with Crippen LogP contribution in [0.1, 0.15) is 38.8 Å². The third-order valence-corrected chi connectivity index (χ3v) is 5.06. The largest absolute Gasteiger partial charge is 0.419 e. The van der Waals surface area contributed by atoms with E-state index >= 15 is 0 Å². The minimum atomic E-state index is -5.02. The molecule has 35 heavy (non-hydrogen) atoms. The van der Waals surface area contributed by atoms with Crippen molar-refractivity contribution in [3.05, 3.63) is 101 Å². The lowest BCUT2D eigenvalue weighted by Gasteiger charge is -2.23. The molecule has 0 spiro atoms. The summed E-state index contributed by atoms with van der Waals surface area (Å²) in [5.41, 5.74) is -3.16. The number of amides is 1. The highest BCUT2D eigenvalue weighted by Gasteiger charge is 2.38. The Balaban J connectivity index is 1.81. The molecule has 2 heterocycles. The maximum atomic E-state index is 14.3. The zero-order valence-electron chi connectivity index (χ0n) is 17.3. The molecule has 0 aliphatic rings. The summed E-state index contributed by atoms with van der Waals surface area (Å²) in [7, 11) is 0. The molecule has 4 aromatic rings. The minimum absolute atomic E-state index is 0.0140. The van der Waals surface area contributed by atoms with Crippen molar-refractivity contribution in [2.45, 2.75) is 18.4 Å². The number of nitrogens with one attached hydrogen (secondary N) is 1. The number of hydrogen-bond acceptors (Lipinski definition) is 4. The van der Waals surface area contributed by atoms with E-state index in [1.165, 1.54) is 30.6 Å². The van der Waals surface area contributed by atoms with Crippen LogP contribution < -0.4 is 5.32 Å². The SMILES string of the molecule is O=C(N[C@@H](c1ccc(C(F)(F)F)c(F)c1)c1ncccc1C(F)(F)F)c1ccc2nccnc2c1. The standard InChI is InChI=1S/C23H13F7N4O/c24-16-10-12(3-5-14(16)22(25,26)27)19(20-15(23(28,29)30)2-1-7-33-20)34-21(35)13-4-6-17-18(11-13)32-9-8-31-17/h1-11,19H,(H,34,35)/t19-/m0/s1. The number of rotatable bonds is 4. The molecule has 4 rings (SSSR count). The van der Waals surface area contributed by atoms with Crippen molar-refractivity contribution < 1.29 is 35.5 Å². The van der Waals surface area contributed by atoms with Crippen LogP contribution in [-0.4, -0.2) is 20.9 Å². The molecular formula is C23H13F7N4O. The van der Waals surface area contributed by atoms with Gasteiger partial charge in [0, 0.05) is 24.2 Å². The van der Waals surface area contributed by atoms with Crippen molar-refractivity contribution >= 4 is 16.9 Å². The van der Waals surface area contributed by atoms with Gasteiger partial charge in [-0.1, -0.05) is 6.07 Å². The van der Waals surface area contributed by atoms with E-state index in [0.29, 0.717) is 29.2 Å². The highest BCUT2D eigenvalue weighted by molar-refractivity contribution is 5.97. The van der Waals surface area contributed by atoms with Gasteiger partial charge < -0.3 is 5.32 Å². The topological polar surface area (TPSA) is 67.8 Å². The molecule has 0 unspecified atom stereocenters. The molecule has 180 valence electrons. The van der Waals surface area contributed by atoms with E-state index in [9.17, 15) is 35.5 Å². The summed E-state index contributed by atoms with van der Waals surface area (Å²) in [6.45, 7) is 0. The fourth-order valence-corrected chi connectivity index (χ4v) is 3.46. The Hall–Kier alpha value is -4.09. The molecule has 5 nitrogen and oxygen atoms in total. The number of hydrogen-bond donors (Lipinski definition) is 1. The third-order valence-electron chi connectivity index (χ3n) is 5.06. The highest BCUT2D eigenvalue weighted by Crippen LogP contribution is 2.37. The number of pyridine rings is 1. The Morgan fingerprint density at radius 2 is 1.46 bits per heavy atom. The predicted molar refractivity (Wildman–Crippen MR) is 109 cm³/mol. The normalized spacial score (nSPS) is 13.0. The molecule has 0 aliphatic carbocycles. The predicted octanol–water partition coefficient (Wildman–Crippen LogP) is 5.72. The molecule has 2 aromatic heterocycles. The van der Waals surface area contributed by atoms with Crippen LogP contribution in [0.25, 0.3) is 11.0 Å². The molecule has 0 bridgehead atoms. The molecule has 0 saturated carbocycles. The van der Waals surface area contributed by atoms with Gasteiger partial charge in [-0.2, -0.15) is 26.3 Å². The van der Waals surface area contributed by atoms with E-state index in [-0.39, 0.29) is 11.1 Å². The van der Waals surface area contributed by atoms with E-state index in [1.54, 1.807) is 0 Å². The fraction of sp³-hybridized carbons (Fsp3) is 0.130. The summed E-state index contributed by atoms with van der Waals surface area (Å²) >= 11 is 0. The number of carbonyl (C=O) groups is 1. The first kappa shape index (κ1) is 24.0. The zero-order valence-corrected chi connectivity index (χ0v) is 17.3. The number of fused-ring (bicyclic) bond motifs is 1. The first-order chi connectivity index (χ1) is 16.4. The molecular weight excluding hydrogens is 481 g/mol. The molecule has 1 atom stereocenters. The second kappa shape index (κ2) is 8.93. The van der Waals surface area contributed by atoms with E-state index in [1.807, 2.05) is 0 Å². The summed E-state index contributed by atoms with van der Waals surface area (Å²) in [5.74, 6) is -2.60. The van der Waals surface area contributed by atoms with Crippen LogP contribution in [0.2, 0.25) is 0 Å². The molecule has 0 radical (unpaired) electrons. The van der Waals surface area contributed by atoms with E-state index in [4.69, 9.17) is 0 Å².